The van der Waals surface area contributed by atoms with Gasteiger partial charge in [0.2, 0.25) is 0 Å². The first-order chi connectivity index (χ1) is 11.3. The molecule has 1 atom stereocenters. The van der Waals surface area contributed by atoms with Crippen LogP contribution in [-0.2, 0) is 12.7 Å². The molecule has 24 heavy (non-hydrogen) atoms. The van der Waals surface area contributed by atoms with Crippen LogP contribution < -0.4 is 10.6 Å². The summed E-state index contributed by atoms with van der Waals surface area (Å²) in [4.78, 5) is 11.6. The van der Waals surface area contributed by atoms with Crippen molar-refractivity contribution >= 4 is 5.91 Å². The number of hydrogen-bond acceptors (Lipinski definition) is 2. The lowest BCUT2D eigenvalue weighted by Crippen LogP contribution is -2.22. The minimum atomic E-state index is -4.38. The summed E-state index contributed by atoms with van der Waals surface area (Å²) in [5, 5.41) is 5.62. The van der Waals surface area contributed by atoms with Gasteiger partial charge in [0.05, 0.1) is 5.56 Å². The number of carbonyl (C=O) groups excluding carboxylic acids is 1. The Hall–Kier alpha value is -2.34. The Morgan fingerprint density at radius 2 is 1.83 bits per heavy atom. The van der Waals surface area contributed by atoms with Crippen LogP contribution >= 0.6 is 0 Å². The Bertz CT molecular complexity index is 713. The molecule has 0 saturated heterocycles. The Morgan fingerprint density at radius 1 is 1.12 bits per heavy atom. The molecule has 0 saturated carbocycles. The summed E-state index contributed by atoms with van der Waals surface area (Å²) in [6.07, 6.45) is -4.38. The number of alkyl halides is 3. The molecule has 0 radical (unpaired) electrons. The van der Waals surface area contributed by atoms with Crippen LogP contribution in [0.25, 0.3) is 0 Å². The molecule has 2 aromatic carbocycles. The van der Waals surface area contributed by atoms with Crippen molar-refractivity contribution < 1.29 is 18.0 Å². The summed E-state index contributed by atoms with van der Waals surface area (Å²) in [6.45, 7) is 2.05. The van der Waals surface area contributed by atoms with Gasteiger partial charge in [0.1, 0.15) is 0 Å². The quantitative estimate of drug-likeness (QED) is 0.869. The van der Waals surface area contributed by atoms with E-state index in [0.717, 1.165) is 11.6 Å². The van der Waals surface area contributed by atoms with Crippen LogP contribution in [0.5, 0.6) is 0 Å². The second kappa shape index (κ2) is 7.49. The fraction of sp³-hybridized carbons (Fsp3) is 0.278. The van der Waals surface area contributed by atoms with Crippen molar-refractivity contribution in [2.24, 2.45) is 0 Å². The van der Waals surface area contributed by atoms with Crippen LogP contribution in [0, 0.1) is 0 Å². The van der Waals surface area contributed by atoms with E-state index in [0.29, 0.717) is 12.1 Å². The summed E-state index contributed by atoms with van der Waals surface area (Å²) in [5.74, 6) is -0.202. The van der Waals surface area contributed by atoms with Gasteiger partial charge in [-0.1, -0.05) is 30.3 Å². The van der Waals surface area contributed by atoms with Gasteiger partial charge in [-0.05, 0) is 36.2 Å². The van der Waals surface area contributed by atoms with E-state index in [9.17, 15) is 18.0 Å². The SMILES string of the molecule is CNC(=O)c1cccc(CNC(C)c2ccccc2C(F)(F)F)c1. The van der Waals surface area contributed by atoms with Gasteiger partial charge < -0.3 is 10.6 Å². The van der Waals surface area contributed by atoms with Crippen LogP contribution in [0.2, 0.25) is 0 Å². The minimum Gasteiger partial charge on any atom is -0.355 e. The Kier molecular flexibility index (Phi) is 5.62. The lowest BCUT2D eigenvalue weighted by Gasteiger charge is -2.19. The molecule has 0 spiro atoms. The molecule has 6 heteroatoms. The molecule has 0 aliphatic heterocycles. The van der Waals surface area contributed by atoms with Gasteiger partial charge in [-0.2, -0.15) is 13.2 Å². The van der Waals surface area contributed by atoms with E-state index in [1.54, 1.807) is 38.2 Å². The number of benzene rings is 2. The Morgan fingerprint density at radius 3 is 2.50 bits per heavy atom. The third-order valence-corrected chi connectivity index (χ3v) is 3.76. The number of halogens is 3. The van der Waals surface area contributed by atoms with Gasteiger partial charge in [-0.15, -0.1) is 0 Å². The third kappa shape index (κ3) is 4.35. The number of nitrogens with one attached hydrogen (secondary N) is 2. The fourth-order valence-electron chi connectivity index (χ4n) is 2.48. The van der Waals surface area contributed by atoms with Gasteiger partial charge in [-0.25, -0.2) is 0 Å². The molecule has 0 aliphatic carbocycles. The van der Waals surface area contributed by atoms with Gasteiger partial charge in [-0.3, -0.25) is 4.79 Å². The predicted molar refractivity (Wildman–Crippen MR) is 86.5 cm³/mol. The van der Waals surface area contributed by atoms with Crippen molar-refractivity contribution in [3.05, 3.63) is 70.8 Å². The molecule has 0 bridgehead atoms. The van der Waals surface area contributed by atoms with Gasteiger partial charge in [0.15, 0.2) is 0 Å². The van der Waals surface area contributed by atoms with Crippen molar-refractivity contribution in [1.29, 1.82) is 0 Å². The van der Waals surface area contributed by atoms with E-state index in [4.69, 9.17) is 0 Å². The topological polar surface area (TPSA) is 41.1 Å². The highest BCUT2D eigenvalue weighted by atomic mass is 19.4. The van der Waals surface area contributed by atoms with Crippen LogP contribution in [0.3, 0.4) is 0 Å². The van der Waals surface area contributed by atoms with Gasteiger partial charge >= 0.3 is 6.18 Å². The molecule has 2 rings (SSSR count). The Labute approximate surface area is 138 Å². The van der Waals surface area contributed by atoms with E-state index < -0.39 is 17.8 Å². The predicted octanol–water partition coefficient (Wildman–Crippen LogP) is 3.92. The van der Waals surface area contributed by atoms with E-state index in [1.165, 1.54) is 12.1 Å². The summed E-state index contributed by atoms with van der Waals surface area (Å²) < 4.78 is 39.2. The van der Waals surface area contributed by atoms with E-state index in [2.05, 4.69) is 10.6 Å². The fourth-order valence-corrected chi connectivity index (χ4v) is 2.48. The van der Waals surface area contributed by atoms with Crippen molar-refractivity contribution in [3.63, 3.8) is 0 Å². The molecular weight excluding hydrogens is 317 g/mol. The second-order valence-electron chi connectivity index (χ2n) is 5.47. The number of rotatable bonds is 5. The molecule has 128 valence electrons. The number of hydrogen-bond donors (Lipinski definition) is 2. The average Bonchev–Trinajstić information content (AvgIpc) is 2.58. The number of carbonyl (C=O) groups is 1. The molecular formula is C18H19F3N2O. The van der Waals surface area contributed by atoms with Crippen LogP contribution in [0.1, 0.15) is 40.0 Å². The lowest BCUT2D eigenvalue weighted by atomic mass is 10.0. The Balaban J connectivity index is 2.12. The largest absolute Gasteiger partial charge is 0.416 e. The van der Waals surface area contributed by atoms with Crippen molar-refractivity contribution in [2.75, 3.05) is 7.05 Å². The third-order valence-electron chi connectivity index (χ3n) is 3.76. The standard InChI is InChI=1S/C18H19F3N2O/c1-12(15-8-3-4-9-16(15)18(19,20)21)23-11-13-6-5-7-14(10-13)17(24)22-2/h3-10,12,23H,11H2,1-2H3,(H,22,24). The monoisotopic (exact) mass is 336 g/mol. The highest BCUT2D eigenvalue weighted by Gasteiger charge is 2.33. The molecule has 0 heterocycles. The van der Waals surface area contributed by atoms with E-state index in [1.807, 2.05) is 6.07 Å². The van der Waals surface area contributed by atoms with Gasteiger partial charge in [0.25, 0.3) is 5.91 Å². The molecule has 0 fully saturated rings. The normalized spacial score (nSPS) is 12.7. The first-order valence-electron chi connectivity index (χ1n) is 7.53. The first-order valence-corrected chi connectivity index (χ1v) is 7.53. The van der Waals surface area contributed by atoms with Crippen molar-refractivity contribution in [3.8, 4) is 0 Å². The first kappa shape index (κ1) is 18.0. The summed E-state index contributed by atoms with van der Waals surface area (Å²) in [5.41, 5.74) is 0.907. The van der Waals surface area contributed by atoms with E-state index >= 15 is 0 Å². The lowest BCUT2D eigenvalue weighted by molar-refractivity contribution is -0.138. The summed E-state index contributed by atoms with van der Waals surface area (Å²) >= 11 is 0. The molecule has 3 nitrogen and oxygen atoms in total. The van der Waals surface area contributed by atoms with Crippen LogP contribution in [-0.4, -0.2) is 13.0 Å². The zero-order chi connectivity index (χ0) is 17.7. The molecule has 2 N–H and O–H groups in total. The minimum absolute atomic E-state index is 0.201. The summed E-state index contributed by atoms with van der Waals surface area (Å²) in [6, 6.07) is 12.0. The molecule has 2 aromatic rings. The average molecular weight is 336 g/mol. The maximum Gasteiger partial charge on any atom is 0.416 e. The highest BCUT2D eigenvalue weighted by Crippen LogP contribution is 2.34. The molecule has 1 amide bonds. The maximum absolute atomic E-state index is 13.1. The van der Waals surface area contributed by atoms with E-state index in [-0.39, 0.29) is 11.5 Å². The molecule has 1 unspecified atom stereocenters. The second-order valence-corrected chi connectivity index (χ2v) is 5.47. The smallest absolute Gasteiger partial charge is 0.355 e. The highest BCUT2D eigenvalue weighted by molar-refractivity contribution is 5.94. The van der Waals surface area contributed by atoms with Crippen LogP contribution in [0.15, 0.2) is 48.5 Å². The zero-order valence-corrected chi connectivity index (χ0v) is 13.4. The zero-order valence-electron chi connectivity index (χ0n) is 13.4. The van der Waals surface area contributed by atoms with Gasteiger partial charge in [0, 0.05) is 25.2 Å². The maximum atomic E-state index is 13.1. The molecule has 0 aromatic heterocycles. The number of amides is 1. The van der Waals surface area contributed by atoms with Crippen molar-refractivity contribution in [2.45, 2.75) is 25.7 Å². The van der Waals surface area contributed by atoms with Crippen molar-refractivity contribution in [1.82, 2.24) is 10.6 Å². The summed E-state index contributed by atoms with van der Waals surface area (Å²) in [7, 11) is 1.55. The van der Waals surface area contributed by atoms with Crippen LogP contribution in [0.4, 0.5) is 13.2 Å². The molecule has 0 aliphatic rings.